The minimum absolute atomic E-state index is 0. The number of aliphatic imine (C=N–C) groups is 1. The number of hydrogen-bond donors (Lipinski definition) is 2. The molecule has 0 aliphatic heterocycles. The van der Waals surface area contributed by atoms with Crippen LogP contribution in [0.15, 0.2) is 47.6 Å². The first-order valence-corrected chi connectivity index (χ1v) is 9.36. The number of pyridine rings is 1. The number of hydrogen-bond acceptors (Lipinski definition) is 4. The molecule has 2 N–H and O–H groups in total. The summed E-state index contributed by atoms with van der Waals surface area (Å²) in [6.07, 6.45) is 2.64. The number of rotatable bonds is 9. The first-order chi connectivity index (χ1) is 13.1. The summed E-state index contributed by atoms with van der Waals surface area (Å²) in [5.74, 6) is 1.64. The number of ether oxygens (including phenoxy) is 1. The van der Waals surface area contributed by atoms with Crippen LogP contribution in [0, 0.1) is 0 Å². The summed E-state index contributed by atoms with van der Waals surface area (Å²) in [5, 5.41) is 7.14. The molecule has 0 saturated carbocycles. The lowest BCUT2D eigenvalue weighted by atomic mass is 10.2. The Bertz CT molecular complexity index is 725. The lowest BCUT2D eigenvalue weighted by Gasteiger charge is -2.14. The SMILES string of the molecule is CN=C(NCCc1ccc(Cl)nc1)NCc1cccc(OCCN(C)C)c1.I. The van der Waals surface area contributed by atoms with E-state index in [9.17, 15) is 0 Å². The maximum atomic E-state index is 5.80. The number of nitrogens with one attached hydrogen (secondary N) is 2. The molecule has 0 fully saturated rings. The third-order valence-electron chi connectivity index (χ3n) is 3.88. The van der Waals surface area contributed by atoms with E-state index in [0.29, 0.717) is 18.3 Å². The van der Waals surface area contributed by atoms with E-state index in [1.807, 2.05) is 32.3 Å². The molecular weight excluding hydrogens is 489 g/mol. The van der Waals surface area contributed by atoms with Crippen LogP contribution in [0.3, 0.4) is 0 Å². The Morgan fingerprint density at radius 3 is 2.68 bits per heavy atom. The fourth-order valence-electron chi connectivity index (χ4n) is 2.38. The van der Waals surface area contributed by atoms with E-state index in [0.717, 1.165) is 42.3 Å². The van der Waals surface area contributed by atoms with Crippen LogP contribution >= 0.6 is 35.6 Å². The van der Waals surface area contributed by atoms with Gasteiger partial charge < -0.3 is 20.3 Å². The molecule has 0 unspecified atom stereocenters. The number of halogens is 2. The van der Waals surface area contributed by atoms with Crippen LogP contribution in [0.25, 0.3) is 0 Å². The van der Waals surface area contributed by atoms with E-state index in [1.165, 1.54) is 0 Å². The van der Waals surface area contributed by atoms with Gasteiger partial charge in [-0.15, -0.1) is 24.0 Å². The monoisotopic (exact) mass is 517 g/mol. The second-order valence-corrected chi connectivity index (χ2v) is 6.78. The fourth-order valence-corrected chi connectivity index (χ4v) is 2.49. The van der Waals surface area contributed by atoms with Crippen molar-refractivity contribution in [2.75, 3.05) is 40.8 Å². The van der Waals surface area contributed by atoms with Crippen LogP contribution in [0.4, 0.5) is 0 Å². The molecule has 1 aromatic carbocycles. The van der Waals surface area contributed by atoms with Gasteiger partial charge in [0, 0.05) is 32.9 Å². The Morgan fingerprint density at radius 1 is 1.18 bits per heavy atom. The number of benzene rings is 1. The van der Waals surface area contributed by atoms with E-state index in [4.69, 9.17) is 16.3 Å². The Hall–Kier alpha value is -1.58. The molecule has 0 bridgehead atoms. The molecule has 0 radical (unpaired) electrons. The summed E-state index contributed by atoms with van der Waals surface area (Å²) >= 11 is 5.80. The van der Waals surface area contributed by atoms with E-state index in [2.05, 4.69) is 37.6 Å². The normalized spacial score (nSPS) is 11.1. The Balaban J connectivity index is 0.00000392. The Labute approximate surface area is 189 Å². The summed E-state index contributed by atoms with van der Waals surface area (Å²) in [6.45, 7) is 3.00. The van der Waals surface area contributed by atoms with E-state index in [1.54, 1.807) is 19.3 Å². The van der Waals surface area contributed by atoms with Gasteiger partial charge in [0.1, 0.15) is 17.5 Å². The molecule has 8 heteroatoms. The van der Waals surface area contributed by atoms with Crippen molar-refractivity contribution in [1.82, 2.24) is 20.5 Å². The molecule has 1 aromatic heterocycles. The Kier molecular flexibility index (Phi) is 11.9. The van der Waals surface area contributed by atoms with Gasteiger partial charge in [-0.3, -0.25) is 4.99 Å². The summed E-state index contributed by atoms with van der Waals surface area (Å²) in [5.41, 5.74) is 2.27. The fraction of sp³-hybridized carbons (Fsp3) is 0.400. The molecule has 6 nitrogen and oxygen atoms in total. The average molecular weight is 518 g/mol. The van der Waals surface area contributed by atoms with Gasteiger partial charge in [0.15, 0.2) is 5.96 Å². The van der Waals surface area contributed by atoms with Gasteiger partial charge in [0.05, 0.1) is 0 Å². The van der Waals surface area contributed by atoms with Crippen LogP contribution < -0.4 is 15.4 Å². The predicted octanol–water partition coefficient (Wildman–Crippen LogP) is 3.20. The molecule has 1 heterocycles. The number of likely N-dealkylation sites (N-methyl/N-ethyl adjacent to an activating group) is 1. The zero-order chi connectivity index (χ0) is 19.5. The van der Waals surface area contributed by atoms with Gasteiger partial charge >= 0.3 is 0 Å². The third kappa shape index (κ3) is 9.57. The van der Waals surface area contributed by atoms with E-state index < -0.39 is 0 Å². The van der Waals surface area contributed by atoms with Crippen LogP contribution in [-0.2, 0) is 13.0 Å². The molecule has 0 saturated heterocycles. The minimum Gasteiger partial charge on any atom is -0.492 e. The number of aromatic nitrogens is 1. The zero-order valence-electron chi connectivity index (χ0n) is 16.6. The van der Waals surface area contributed by atoms with Gasteiger partial charge in [-0.1, -0.05) is 29.8 Å². The van der Waals surface area contributed by atoms with Crippen molar-refractivity contribution in [1.29, 1.82) is 0 Å². The summed E-state index contributed by atoms with van der Waals surface area (Å²) < 4.78 is 5.78. The Morgan fingerprint density at radius 2 is 2.00 bits per heavy atom. The van der Waals surface area contributed by atoms with Crippen molar-refractivity contribution in [2.24, 2.45) is 4.99 Å². The van der Waals surface area contributed by atoms with Gasteiger partial charge in [-0.2, -0.15) is 0 Å². The van der Waals surface area contributed by atoms with Crippen molar-refractivity contribution in [3.05, 3.63) is 58.9 Å². The third-order valence-corrected chi connectivity index (χ3v) is 4.11. The molecule has 0 atom stereocenters. The molecule has 0 spiro atoms. The summed E-state index contributed by atoms with van der Waals surface area (Å²) in [4.78, 5) is 10.4. The first kappa shape index (κ1) is 24.5. The molecule has 2 aromatic rings. The van der Waals surface area contributed by atoms with Crippen LogP contribution in [0.2, 0.25) is 5.15 Å². The van der Waals surface area contributed by atoms with Gasteiger partial charge in [-0.25, -0.2) is 4.98 Å². The van der Waals surface area contributed by atoms with Gasteiger partial charge in [0.2, 0.25) is 0 Å². The molecular formula is C20H29ClIN5O. The number of guanidine groups is 1. The lowest BCUT2D eigenvalue weighted by molar-refractivity contribution is 0.261. The van der Waals surface area contributed by atoms with E-state index in [-0.39, 0.29) is 24.0 Å². The average Bonchev–Trinajstić information content (AvgIpc) is 2.66. The lowest BCUT2D eigenvalue weighted by Crippen LogP contribution is -2.37. The van der Waals surface area contributed by atoms with Gasteiger partial charge in [-0.05, 0) is 49.8 Å². The molecule has 154 valence electrons. The minimum atomic E-state index is 0. The largest absolute Gasteiger partial charge is 0.492 e. The highest BCUT2D eigenvalue weighted by Gasteiger charge is 2.01. The second-order valence-electron chi connectivity index (χ2n) is 6.39. The summed E-state index contributed by atoms with van der Waals surface area (Å²) in [6, 6.07) is 11.9. The van der Waals surface area contributed by atoms with Crippen molar-refractivity contribution in [2.45, 2.75) is 13.0 Å². The van der Waals surface area contributed by atoms with Crippen LogP contribution in [0.1, 0.15) is 11.1 Å². The van der Waals surface area contributed by atoms with Crippen molar-refractivity contribution >= 4 is 41.5 Å². The van der Waals surface area contributed by atoms with Gasteiger partial charge in [0.25, 0.3) is 0 Å². The highest BCUT2D eigenvalue weighted by molar-refractivity contribution is 14.0. The summed E-state index contributed by atoms with van der Waals surface area (Å²) in [7, 11) is 5.83. The maximum Gasteiger partial charge on any atom is 0.191 e. The zero-order valence-corrected chi connectivity index (χ0v) is 19.7. The topological polar surface area (TPSA) is 61.8 Å². The second kappa shape index (κ2) is 13.6. The standard InChI is InChI=1S/C20H28ClN5O.HI/c1-22-20(23-10-9-16-7-8-19(21)24-14-16)25-15-17-5-4-6-18(13-17)27-12-11-26(2)3;/h4-8,13-14H,9-12,15H2,1-3H3,(H2,22,23,25);1H. The van der Waals surface area contributed by atoms with Crippen molar-refractivity contribution in [3.8, 4) is 5.75 Å². The molecule has 28 heavy (non-hydrogen) atoms. The predicted molar refractivity (Wildman–Crippen MR) is 127 cm³/mol. The van der Waals surface area contributed by atoms with Crippen LogP contribution in [-0.4, -0.2) is 56.7 Å². The smallest absolute Gasteiger partial charge is 0.191 e. The first-order valence-electron chi connectivity index (χ1n) is 8.98. The van der Waals surface area contributed by atoms with Crippen LogP contribution in [0.5, 0.6) is 5.75 Å². The van der Waals surface area contributed by atoms with Crippen molar-refractivity contribution in [3.63, 3.8) is 0 Å². The van der Waals surface area contributed by atoms with E-state index >= 15 is 0 Å². The maximum absolute atomic E-state index is 5.80. The van der Waals surface area contributed by atoms with Crippen molar-refractivity contribution < 1.29 is 4.74 Å². The molecule has 0 aliphatic rings. The quantitative estimate of drug-likeness (QED) is 0.232. The highest BCUT2D eigenvalue weighted by Crippen LogP contribution is 2.13. The molecule has 0 amide bonds. The highest BCUT2D eigenvalue weighted by atomic mass is 127. The molecule has 2 rings (SSSR count). The molecule has 0 aliphatic carbocycles. The number of nitrogens with zero attached hydrogens (tertiary/aromatic N) is 3.